The lowest BCUT2D eigenvalue weighted by Crippen LogP contribution is -1.97. The third-order valence-corrected chi connectivity index (χ3v) is 2.40. The molecule has 0 bridgehead atoms. The monoisotopic (exact) mass is 158 g/mol. The van der Waals surface area contributed by atoms with Gasteiger partial charge in [0.15, 0.2) is 6.29 Å². The largest absolute Gasteiger partial charge is 0.364 e. The predicted octanol–water partition coefficient (Wildman–Crippen LogP) is 1.69. The van der Waals surface area contributed by atoms with Gasteiger partial charge in [-0.15, -0.1) is 11.3 Å². The number of methoxy groups -OCH3 is 1. The second kappa shape index (κ2) is 3.14. The SMILES string of the molecule is COC(O)c1sccc1C. The highest BCUT2D eigenvalue weighted by Crippen LogP contribution is 2.23. The van der Waals surface area contributed by atoms with E-state index in [0.29, 0.717) is 0 Å². The summed E-state index contributed by atoms with van der Waals surface area (Å²) < 4.78 is 4.74. The third kappa shape index (κ3) is 1.37. The van der Waals surface area contributed by atoms with Crippen molar-refractivity contribution in [2.45, 2.75) is 13.2 Å². The van der Waals surface area contributed by atoms with Gasteiger partial charge in [-0.05, 0) is 23.9 Å². The van der Waals surface area contributed by atoms with Gasteiger partial charge in [0, 0.05) is 7.11 Å². The number of ether oxygens (including phenoxy) is 1. The van der Waals surface area contributed by atoms with E-state index >= 15 is 0 Å². The standard InChI is InChI=1S/C7H10O2S/c1-5-3-4-10-6(5)7(8)9-2/h3-4,7-8H,1-2H3. The summed E-state index contributed by atoms with van der Waals surface area (Å²) in [7, 11) is 1.49. The quantitative estimate of drug-likeness (QED) is 0.664. The van der Waals surface area contributed by atoms with E-state index in [1.54, 1.807) is 0 Å². The van der Waals surface area contributed by atoms with E-state index in [2.05, 4.69) is 0 Å². The molecule has 0 saturated heterocycles. The van der Waals surface area contributed by atoms with Crippen LogP contribution in [0.2, 0.25) is 0 Å². The number of rotatable bonds is 2. The van der Waals surface area contributed by atoms with Gasteiger partial charge in [-0.1, -0.05) is 0 Å². The van der Waals surface area contributed by atoms with Crippen LogP contribution in [0.25, 0.3) is 0 Å². The van der Waals surface area contributed by atoms with E-state index in [9.17, 15) is 5.11 Å². The van der Waals surface area contributed by atoms with Crippen molar-refractivity contribution in [1.82, 2.24) is 0 Å². The molecular weight excluding hydrogens is 148 g/mol. The van der Waals surface area contributed by atoms with Crippen LogP contribution >= 0.6 is 11.3 Å². The fraction of sp³-hybridized carbons (Fsp3) is 0.429. The van der Waals surface area contributed by atoms with Gasteiger partial charge in [0.25, 0.3) is 0 Å². The topological polar surface area (TPSA) is 29.5 Å². The highest BCUT2D eigenvalue weighted by Gasteiger charge is 2.08. The molecule has 0 amide bonds. The Bertz CT molecular complexity index is 207. The van der Waals surface area contributed by atoms with Crippen LogP contribution in [0.5, 0.6) is 0 Å². The number of aliphatic hydroxyl groups excluding tert-OH is 1. The maximum atomic E-state index is 9.19. The number of aryl methyl sites for hydroxylation is 1. The summed E-state index contributed by atoms with van der Waals surface area (Å²) in [5.41, 5.74) is 1.08. The highest BCUT2D eigenvalue weighted by atomic mass is 32.1. The van der Waals surface area contributed by atoms with Crippen molar-refractivity contribution < 1.29 is 9.84 Å². The van der Waals surface area contributed by atoms with Crippen LogP contribution in [-0.2, 0) is 4.74 Å². The fourth-order valence-electron chi connectivity index (χ4n) is 0.744. The average Bonchev–Trinajstić information content (AvgIpc) is 2.34. The first-order valence-corrected chi connectivity index (χ1v) is 3.88. The molecule has 1 unspecified atom stereocenters. The van der Waals surface area contributed by atoms with Crippen molar-refractivity contribution in [1.29, 1.82) is 0 Å². The third-order valence-electron chi connectivity index (χ3n) is 1.35. The van der Waals surface area contributed by atoms with E-state index in [1.807, 2.05) is 18.4 Å². The van der Waals surface area contributed by atoms with E-state index in [-0.39, 0.29) is 0 Å². The molecule has 0 aromatic carbocycles. The van der Waals surface area contributed by atoms with Crippen molar-refractivity contribution >= 4 is 11.3 Å². The number of thiophene rings is 1. The molecule has 1 N–H and O–H groups in total. The minimum atomic E-state index is -0.750. The Morgan fingerprint density at radius 3 is 2.80 bits per heavy atom. The van der Waals surface area contributed by atoms with Crippen LogP contribution < -0.4 is 0 Å². The van der Waals surface area contributed by atoms with Crippen molar-refractivity contribution in [3.05, 3.63) is 21.9 Å². The zero-order chi connectivity index (χ0) is 7.56. The van der Waals surface area contributed by atoms with E-state index < -0.39 is 6.29 Å². The maximum Gasteiger partial charge on any atom is 0.190 e. The molecule has 56 valence electrons. The molecule has 10 heavy (non-hydrogen) atoms. The summed E-state index contributed by atoms with van der Waals surface area (Å²) in [6, 6.07) is 1.96. The first-order chi connectivity index (χ1) is 4.75. The van der Waals surface area contributed by atoms with Gasteiger partial charge in [-0.2, -0.15) is 0 Å². The molecule has 1 aromatic heterocycles. The molecule has 0 fully saturated rings. The van der Waals surface area contributed by atoms with E-state index in [4.69, 9.17) is 4.74 Å². The Balaban J connectivity index is 2.82. The molecule has 0 spiro atoms. The zero-order valence-electron chi connectivity index (χ0n) is 6.00. The predicted molar refractivity (Wildman–Crippen MR) is 41.0 cm³/mol. The van der Waals surface area contributed by atoms with Gasteiger partial charge >= 0.3 is 0 Å². The molecule has 1 rings (SSSR count). The minimum Gasteiger partial charge on any atom is -0.364 e. The summed E-state index contributed by atoms with van der Waals surface area (Å²) in [5, 5.41) is 11.1. The number of hydrogen-bond donors (Lipinski definition) is 1. The maximum absolute atomic E-state index is 9.19. The minimum absolute atomic E-state index is 0.750. The Hall–Kier alpha value is -0.380. The van der Waals surface area contributed by atoms with Gasteiger partial charge in [0.05, 0.1) is 4.88 Å². The average molecular weight is 158 g/mol. The Morgan fingerprint density at radius 2 is 2.40 bits per heavy atom. The number of aliphatic hydroxyl groups is 1. The van der Waals surface area contributed by atoms with Gasteiger partial charge < -0.3 is 9.84 Å². The lowest BCUT2D eigenvalue weighted by Gasteiger charge is -2.05. The van der Waals surface area contributed by atoms with Gasteiger partial charge in [-0.3, -0.25) is 0 Å². The van der Waals surface area contributed by atoms with Crippen molar-refractivity contribution in [3.8, 4) is 0 Å². The summed E-state index contributed by atoms with van der Waals surface area (Å²) in [6.45, 7) is 1.95. The lowest BCUT2D eigenvalue weighted by atomic mass is 10.3. The van der Waals surface area contributed by atoms with Crippen LogP contribution in [0.15, 0.2) is 11.4 Å². The van der Waals surface area contributed by atoms with Gasteiger partial charge in [-0.25, -0.2) is 0 Å². The lowest BCUT2D eigenvalue weighted by molar-refractivity contribution is -0.0746. The van der Waals surface area contributed by atoms with Crippen molar-refractivity contribution in [2.75, 3.05) is 7.11 Å². The highest BCUT2D eigenvalue weighted by molar-refractivity contribution is 7.10. The van der Waals surface area contributed by atoms with Crippen LogP contribution in [0.3, 0.4) is 0 Å². The first kappa shape index (κ1) is 7.72. The van der Waals surface area contributed by atoms with Crippen molar-refractivity contribution in [2.24, 2.45) is 0 Å². The Labute approximate surface area is 64.1 Å². The summed E-state index contributed by atoms with van der Waals surface area (Å²) in [4.78, 5) is 0.891. The Kier molecular flexibility index (Phi) is 2.43. The van der Waals surface area contributed by atoms with E-state index in [1.165, 1.54) is 18.4 Å². The zero-order valence-corrected chi connectivity index (χ0v) is 6.81. The molecule has 2 nitrogen and oxygen atoms in total. The fourth-order valence-corrected chi connectivity index (χ4v) is 1.63. The molecule has 0 aliphatic carbocycles. The molecule has 0 aliphatic heterocycles. The molecular formula is C7H10O2S. The van der Waals surface area contributed by atoms with Gasteiger partial charge in [0.2, 0.25) is 0 Å². The van der Waals surface area contributed by atoms with Gasteiger partial charge in [0.1, 0.15) is 0 Å². The summed E-state index contributed by atoms with van der Waals surface area (Å²) >= 11 is 1.51. The van der Waals surface area contributed by atoms with Crippen LogP contribution in [0, 0.1) is 6.92 Å². The summed E-state index contributed by atoms with van der Waals surface area (Å²) in [5.74, 6) is 0. The molecule has 0 saturated carbocycles. The Morgan fingerprint density at radius 1 is 1.70 bits per heavy atom. The molecule has 1 atom stereocenters. The van der Waals surface area contributed by atoms with E-state index in [0.717, 1.165) is 10.4 Å². The van der Waals surface area contributed by atoms with Crippen LogP contribution in [0.1, 0.15) is 16.7 Å². The first-order valence-electron chi connectivity index (χ1n) is 3.00. The smallest absolute Gasteiger partial charge is 0.190 e. The van der Waals surface area contributed by atoms with Crippen LogP contribution in [0.4, 0.5) is 0 Å². The molecule has 0 aliphatic rings. The number of hydrogen-bond acceptors (Lipinski definition) is 3. The second-order valence-corrected chi connectivity index (χ2v) is 3.00. The van der Waals surface area contributed by atoms with Crippen LogP contribution in [-0.4, -0.2) is 12.2 Å². The molecule has 1 aromatic rings. The normalized spacial score (nSPS) is 13.5. The molecule has 0 radical (unpaired) electrons. The van der Waals surface area contributed by atoms with Crippen molar-refractivity contribution in [3.63, 3.8) is 0 Å². The molecule has 3 heteroatoms. The summed E-state index contributed by atoms with van der Waals surface area (Å²) in [6.07, 6.45) is -0.750. The second-order valence-electron chi connectivity index (χ2n) is 2.06. The molecule has 1 heterocycles.